The van der Waals surface area contributed by atoms with E-state index in [0.717, 1.165) is 0 Å². The molecular formula is C10H11BrFNO2. The SMILES string of the molecule is N[C@]1(CO)CCOc2c1ccc(Br)c2F. The van der Waals surface area contributed by atoms with Crippen LogP contribution >= 0.6 is 15.9 Å². The highest BCUT2D eigenvalue weighted by molar-refractivity contribution is 9.10. The second kappa shape index (κ2) is 3.73. The first kappa shape index (κ1) is 10.9. The number of hydrogen-bond acceptors (Lipinski definition) is 3. The van der Waals surface area contributed by atoms with Gasteiger partial charge in [0.1, 0.15) is 0 Å². The summed E-state index contributed by atoms with van der Waals surface area (Å²) in [6.07, 6.45) is 0.484. The van der Waals surface area contributed by atoms with Crippen LogP contribution in [0.15, 0.2) is 16.6 Å². The Morgan fingerprint density at radius 1 is 1.60 bits per heavy atom. The molecule has 15 heavy (non-hydrogen) atoms. The van der Waals surface area contributed by atoms with Gasteiger partial charge in [-0.3, -0.25) is 0 Å². The lowest BCUT2D eigenvalue weighted by molar-refractivity contribution is 0.135. The summed E-state index contributed by atoms with van der Waals surface area (Å²) < 4.78 is 19.2. The molecule has 5 heteroatoms. The van der Waals surface area contributed by atoms with E-state index in [1.165, 1.54) is 0 Å². The van der Waals surface area contributed by atoms with Crippen molar-refractivity contribution in [3.63, 3.8) is 0 Å². The highest BCUT2D eigenvalue weighted by Crippen LogP contribution is 2.39. The van der Waals surface area contributed by atoms with Crippen LogP contribution in [0.1, 0.15) is 12.0 Å². The number of nitrogens with two attached hydrogens (primary N) is 1. The summed E-state index contributed by atoms with van der Waals surface area (Å²) in [5.74, 6) is -0.317. The van der Waals surface area contributed by atoms with Crippen LogP contribution in [0, 0.1) is 5.82 Å². The normalized spacial score (nSPS) is 24.5. The fourth-order valence-corrected chi connectivity index (χ4v) is 2.01. The van der Waals surface area contributed by atoms with Gasteiger partial charge < -0.3 is 15.6 Å². The Labute approximate surface area is 95.2 Å². The van der Waals surface area contributed by atoms with Crippen LogP contribution in [0.5, 0.6) is 5.75 Å². The zero-order chi connectivity index (χ0) is 11.1. The zero-order valence-corrected chi connectivity index (χ0v) is 9.55. The van der Waals surface area contributed by atoms with Gasteiger partial charge in [-0.05, 0) is 22.0 Å². The molecule has 0 saturated carbocycles. The Bertz CT molecular complexity index is 399. The first-order valence-electron chi connectivity index (χ1n) is 4.59. The van der Waals surface area contributed by atoms with Crippen molar-refractivity contribution < 1.29 is 14.2 Å². The van der Waals surface area contributed by atoms with Crippen molar-refractivity contribution in [2.75, 3.05) is 13.2 Å². The van der Waals surface area contributed by atoms with Gasteiger partial charge in [-0.25, -0.2) is 4.39 Å². The Hall–Kier alpha value is -0.650. The summed E-state index contributed by atoms with van der Waals surface area (Å²) in [6, 6.07) is 3.25. The van der Waals surface area contributed by atoms with E-state index >= 15 is 0 Å². The molecule has 0 aliphatic carbocycles. The van der Waals surface area contributed by atoms with Crippen molar-refractivity contribution in [3.8, 4) is 5.75 Å². The van der Waals surface area contributed by atoms with Gasteiger partial charge in [-0.15, -0.1) is 0 Å². The molecule has 1 aromatic carbocycles. The summed E-state index contributed by atoms with van der Waals surface area (Å²) in [5, 5.41) is 9.24. The fourth-order valence-electron chi connectivity index (χ4n) is 1.70. The minimum Gasteiger partial charge on any atom is -0.490 e. The number of aliphatic hydroxyl groups excluding tert-OH is 1. The van der Waals surface area contributed by atoms with E-state index in [2.05, 4.69) is 15.9 Å². The highest BCUT2D eigenvalue weighted by Gasteiger charge is 2.35. The summed E-state index contributed by atoms with van der Waals surface area (Å²) in [7, 11) is 0. The predicted molar refractivity (Wildman–Crippen MR) is 57.2 cm³/mol. The van der Waals surface area contributed by atoms with Crippen LogP contribution in [0.25, 0.3) is 0 Å². The second-order valence-corrected chi connectivity index (χ2v) is 4.51. The maximum Gasteiger partial charge on any atom is 0.179 e. The van der Waals surface area contributed by atoms with Crippen LogP contribution < -0.4 is 10.5 Å². The molecule has 2 rings (SSSR count). The Kier molecular flexibility index (Phi) is 2.70. The molecule has 1 aromatic rings. The molecule has 3 N–H and O–H groups in total. The predicted octanol–water partition coefficient (Wildman–Crippen LogP) is 1.52. The van der Waals surface area contributed by atoms with Gasteiger partial charge in [0.15, 0.2) is 11.6 Å². The van der Waals surface area contributed by atoms with Crippen LogP contribution in [-0.2, 0) is 5.54 Å². The van der Waals surface area contributed by atoms with Crippen molar-refractivity contribution in [2.45, 2.75) is 12.0 Å². The number of ether oxygens (including phenoxy) is 1. The highest BCUT2D eigenvalue weighted by atomic mass is 79.9. The molecule has 0 aromatic heterocycles. The second-order valence-electron chi connectivity index (χ2n) is 3.65. The van der Waals surface area contributed by atoms with Crippen molar-refractivity contribution in [1.82, 2.24) is 0 Å². The molecule has 0 fully saturated rings. The fraction of sp³-hybridized carbons (Fsp3) is 0.400. The van der Waals surface area contributed by atoms with Crippen molar-refractivity contribution in [3.05, 3.63) is 28.0 Å². The molecule has 0 amide bonds. The van der Waals surface area contributed by atoms with Crippen molar-refractivity contribution in [2.24, 2.45) is 5.73 Å². The Morgan fingerprint density at radius 2 is 2.33 bits per heavy atom. The minimum absolute atomic E-state index is 0.146. The lowest BCUT2D eigenvalue weighted by Crippen LogP contribution is -2.44. The Balaban J connectivity index is 2.59. The van der Waals surface area contributed by atoms with Crippen molar-refractivity contribution >= 4 is 15.9 Å². The van der Waals surface area contributed by atoms with Gasteiger partial charge in [0.25, 0.3) is 0 Å². The van der Waals surface area contributed by atoms with Gasteiger partial charge in [-0.2, -0.15) is 0 Å². The van der Waals surface area contributed by atoms with Crippen LogP contribution in [0.4, 0.5) is 4.39 Å². The summed E-state index contributed by atoms with van der Waals surface area (Å²) in [4.78, 5) is 0. The van der Waals surface area contributed by atoms with Crippen LogP contribution in [-0.4, -0.2) is 18.3 Å². The molecule has 1 heterocycles. The van der Waals surface area contributed by atoms with Gasteiger partial charge in [0.2, 0.25) is 0 Å². The summed E-state index contributed by atoms with van der Waals surface area (Å²) in [6.45, 7) is 0.0991. The maximum absolute atomic E-state index is 13.7. The zero-order valence-electron chi connectivity index (χ0n) is 7.96. The Morgan fingerprint density at radius 3 is 3.00 bits per heavy atom. The molecular weight excluding hydrogens is 265 g/mol. The summed E-state index contributed by atoms with van der Waals surface area (Å²) >= 11 is 3.08. The molecule has 1 aliphatic rings. The van der Waals surface area contributed by atoms with Gasteiger partial charge in [-0.1, -0.05) is 6.07 Å². The quantitative estimate of drug-likeness (QED) is 0.817. The topological polar surface area (TPSA) is 55.5 Å². The smallest absolute Gasteiger partial charge is 0.179 e. The van der Waals surface area contributed by atoms with Crippen LogP contribution in [0.2, 0.25) is 0 Å². The molecule has 82 valence electrons. The summed E-state index contributed by atoms with van der Waals surface area (Å²) in [5.41, 5.74) is 5.61. The standard InChI is InChI=1S/C10H11BrFNO2/c11-7-2-1-6-9(8(7)12)15-4-3-10(6,13)5-14/h1-2,14H,3-5,13H2/t10-/m0/s1. The molecule has 3 nitrogen and oxygen atoms in total. The molecule has 1 atom stereocenters. The van der Waals surface area contributed by atoms with Crippen molar-refractivity contribution in [1.29, 1.82) is 0 Å². The van der Waals surface area contributed by atoms with E-state index in [0.29, 0.717) is 23.1 Å². The molecule has 1 aliphatic heterocycles. The molecule has 0 radical (unpaired) electrons. The first-order chi connectivity index (χ1) is 7.08. The minimum atomic E-state index is -0.894. The average molecular weight is 276 g/mol. The maximum atomic E-state index is 13.7. The van der Waals surface area contributed by atoms with E-state index < -0.39 is 11.4 Å². The third-order valence-electron chi connectivity index (χ3n) is 2.66. The number of aliphatic hydroxyl groups is 1. The molecule has 0 saturated heterocycles. The number of halogens is 2. The number of fused-ring (bicyclic) bond motifs is 1. The third kappa shape index (κ3) is 1.64. The van der Waals surface area contributed by atoms with Gasteiger partial charge >= 0.3 is 0 Å². The number of hydrogen-bond donors (Lipinski definition) is 2. The van der Waals surface area contributed by atoms with E-state index in [1.54, 1.807) is 12.1 Å². The number of rotatable bonds is 1. The lowest BCUT2D eigenvalue weighted by atomic mass is 9.86. The third-order valence-corrected chi connectivity index (χ3v) is 3.28. The number of benzene rings is 1. The monoisotopic (exact) mass is 275 g/mol. The van der Waals surface area contributed by atoms with E-state index in [1.807, 2.05) is 0 Å². The van der Waals surface area contributed by atoms with E-state index in [-0.39, 0.29) is 12.4 Å². The van der Waals surface area contributed by atoms with E-state index in [9.17, 15) is 9.50 Å². The van der Waals surface area contributed by atoms with Crippen LogP contribution in [0.3, 0.4) is 0 Å². The molecule has 0 unspecified atom stereocenters. The van der Waals surface area contributed by atoms with E-state index in [4.69, 9.17) is 10.5 Å². The molecule has 0 spiro atoms. The average Bonchev–Trinajstić information content (AvgIpc) is 2.24. The lowest BCUT2D eigenvalue weighted by Gasteiger charge is -2.34. The van der Waals surface area contributed by atoms with Gasteiger partial charge in [0, 0.05) is 12.0 Å². The largest absolute Gasteiger partial charge is 0.490 e. The molecule has 0 bridgehead atoms. The first-order valence-corrected chi connectivity index (χ1v) is 5.39. The van der Waals surface area contributed by atoms with Gasteiger partial charge in [0.05, 0.1) is 23.2 Å².